The molecule has 1 aromatic heterocycles. The molecule has 96 valence electrons. The first-order valence-electron chi connectivity index (χ1n) is 5.41. The van der Waals surface area contributed by atoms with Gasteiger partial charge < -0.3 is 0 Å². The fraction of sp³-hybridized carbons (Fsp3) is 0.250. The lowest BCUT2D eigenvalue weighted by Gasteiger charge is -2.15. The number of nitrogens with zero attached hydrogens (tertiary/aromatic N) is 1. The maximum atomic E-state index is 5.66. The van der Waals surface area contributed by atoms with Crippen molar-refractivity contribution in [2.75, 3.05) is 0 Å². The smallest absolute Gasteiger partial charge is 0.0947 e. The van der Waals surface area contributed by atoms with Gasteiger partial charge in [-0.25, -0.2) is 4.98 Å². The van der Waals surface area contributed by atoms with Crippen LogP contribution >= 0.6 is 43.2 Å². The average molecular weight is 391 g/mol. The van der Waals surface area contributed by atoms with Crippen molar-refractivity contribution in [3.05, 3.63) is 48.8 Å². The Hall–Kier alpha value is -0.270. The SMILES string of the molecule is Cc1csc(CC(NN)c2cc(Br)cc(Br)c2)n1. The van der Waals surface area contributed by atoms with Gasteiger partial charge in [-0.05, 0) is 30.7 Å². The van der Waals surface area contributed by atoms with Gasteiger partial charge in [0.25, 0.3) is 0 Å². The highest BCUT2D eigenvalue weighted by molar-refractivity contribution is 9.11. The van der Waals surface area contributed by atoms with Crippen molar-refractivity contribution < 1.29 is 0 Å². The third kappa shape index (κ3) is 3.61. The Morgan fingerprint density at radius 2 is 2.00 bits per heavy atom. The second kappa shape index (κ2) is 6.25. The number of hydrogen-bond donors (Lipinski definition) is 2. The molecule has 1 heterocycles. The summed E-state index contributed by atoms with van der Waals surface area (Å²) in [5.41, 5.74) is 5.04. The van der Waals surface area contributed by atoms with Crippen LogP contribution in [-0.4, -0.2) is 4.98 Å². The van der Waals surface area contributed by atoms with E-state index in [0.717, 1.165) is 31.6 Å². The lowest BCUT2D eigenvalue weighted by Crippen LogP contribution is -2.29. The van der Waals surface area contributed by atoms with Crippen LogP contribution in [-0.2, 0) is 6.42 Å². The Kier molecular flexibility index (Phi) is 4.91. The third-order valence-corrected chi connectivity index (χ3v) is 4.44. The predicted octanol–water partition coefficient (Wildman–Crippen LogP) is 3.72. The minimum atomic E-state index is 0.0596. The molecule has 1 aromatic carbocycles. The monoisotopic (exact) mass is 389 g/mol. The molecule has 1 atom stereocenters. The molecular formula is C12H13Br2N3S. The van der Waals surface area contributed by atoms with E-state index in [0.29, 0.717) is 0 Å². The number of aromatic nitrogens is 1. The molecule has 0 aliphatic heterocycles. The first-order valence-corrected chi connectivity index (χ1v) is 7.88. The first-order chi connectivity index (χ1) is 8.58. The van der Waals surface area contributed by atoms with E-state index in [1.807, 2.05) is 13.0 Å². The van der Waals surface area contributed by atoms with E-state index in [1.165, 1.54) is 0 Å². The largest absolute Gasteiger partial charge is 0.271 e. The zero-order valence-corrected chi connectivity index (χ0v) is 13.8. The van der Waals surface area contributed by atoms with Crippen LogP contribution in [0.1, 0.15) is 22.3 Å². The van der Waals surface area contributed by atoms with Crippen LogP contribution in [0.25, 0.3) is 0 Å². The zero-order valence-electron chi connectivity index (χ0n) is 9.78. The van der Waals surface area contributed by atoms with Gasteiger partial charge in [-0.3, -0.25) is 11.3 Å². The summed E-state index contributed by atoms with van der Waals surface area (Å²) in [6.07, 6.45) is 0.790. The highest BCUT2D eigenvalue weighted by Gasteiger charge is 2.13. The van der Waals surface area contributed by atoms with Gasteiger partial charge in [0.15, 0.2) is 0 Å². The standard InChI is InChI=1S/C12H13Br2N3S/c1-7-6-18-12(16-7)5-11(17-15)8-2-9(13)4-10(14)3-8/h2-4,6,11,17H,5,15H2,1H3. The number of nitrogens with one attached hydrogen (secondary N) is 1. The molecule has 3 N–H and O–H groups in total. The van der Waals surface area contributed by atoms with Crippen LogP contribution in [0.3, 0.4) is 0 Å². The fourth-order valence-electron chi connectivity index (χ4n) is 1.72. The molecule has 3 nitrogen and oxygen atoms in total. The van der Waals surface area contributed by atoms with Gasteiger partial charge in [-0.15, -0.1) is 11.3 Å². The third-order valence-electron chi connectivity index (χ3n) is 2.53. The molecular weight excluding hydrogens is 378 g/mol. The summed E-state index contributed by atoms with van der Waals surface area (Å²) in [6, 6.07) is 6.19. The second-order valence-corrected chi connectivity index (χ2v) is 6.78. The normalized spacial score (nSPS) is 12.7. The van der Waals surface area contributed by atoms with Crippen LogP contribution in [0.15, 0.2) is 32.5 Å². The van der Waals surface area contributed by atoms with Gasteiger partial charge in [0, 0.05) is 26.4 Å². The number of benzene rings is 1. The van der Waals surface area contributed by atoms with Gasteiger partial charge in [0.2, 0.25) is 0 Å². The highest BCUT2D eigenvalue weighted by atomic mass is 79.9. The summed E-state index contributed by atoms with van der Waals surface area (Å²) in [4.78, 5) is 4.47. The molecule has 6 heteroatoms. The molecule has 2 aromatic rings. The van der Waals surface area contributed by atoms with Crippen molar-refractivity contribution in [2.45, 2.75) is 19.4 Å². The number of hydrogen-bond acceptors (Lipinski definition) is 4. The Morgan fingerprint density at radius 3 is 2.50 bits per heavy atom. The topological polar surface area (TPSA) is 50.9 Å². The maximum Gasteiger partial charge on any atom is 0.0947 e. The summed E-state index contributed by atoms with van der Waals surface area (Å²) >= 11 is 8.64. The van der Waals surface area contributed by atoms with E-state index in [9.17, 15) is 0 Å². The Bertz CT molecular complexity index is 522. The fourth-order valence-corrected chi connectivity index (χ4v) is 3.87. The predicted molar refractivity (Wildman–Crippen MR) is 82.5 cm³/mol. The second-order valence-electron chi connectivity index (χ2n) is 4.01. The molecule has 1 unspecified atom stereocenters. The molecule has 0 fully saturated rings. The molecule has 0 amide bonds. The lowest BCUT2D eigenvalue weighted by molar-refractivity contribution is 0.550. The molecule has 0 aliphatic rings. The molecule has 0 radical (unpaired) electrons. The van der Waals surface area contributed by atoms with E-state index in [2.05, 4.69) is 59.8 Å². The van der Waals surface area contributed by atoms with Crippen LogP contribution in [0, 0.1) is 6.92 Å². The van der Waals surface area contributed by atoms with Gasteiger partial charge >= 0.3 is 0 Å². The van der Waals surface area contributed by atoms with Crippen molar-refractivity contribution in [1.82, 2.24) is 10.4 Å². The minimum absolute atomic E-state index is 0.0596. The van der Waals surface area contributed by atoms with Crippen LogP contribution in [0.5, 0.6) is 0 Å². The molecule has 0 saturated carbocycles. The maximum absolute atomic E-state index is 5.66. The number of aryl methyl sites for hydroxylation is 1. The summed E-state index contributed by atoms with van der Waals surface area (Å²) in [5, 5.41) is 3.14. The van der Waals surface area contributed by atoms with E-state index < -0.39 is 0 Å². The van der Waals surface area contributed by atoms with Crippen molar-refractivity contribution >= 4 is 43.2 Å². The van der Waals surface area contributed by atoms with Crippen molar-refractivity contribution in [3.8, 4) is 0 Å². The van der Waals surface area contributed by atoms with Crippen LogP contribution in [0.2, 0.25) is 0 Å². The van der Waals surface area contributed by atoms with Crippen LogP contribution < -0.4 is 11.3 Å². The first kappa shape index (κ1) is 14.1. The van der Waals surface area contributed by atoms with Gasteiger partial charge in [-0.2, -0.15) is 0 Å². The summed E-state index contributed by atoms with van der Waals surface area (Å²) < 4.78 is 2.06. The minimum Gasteiger partial charge on any atom is -0.271 e. The van der Waals surface area contributed by atoms with Crippen molar-refractivity contribution in [2.24, 2.45) is 5.84 Å². The number of nitrogens with two attached hydrogens (primary N) is 1. The summed E-state index contributed by atoms with van der Waals surface area (Å²) in [6.45, 7) is 2.00. The average Bonchev–Trinajstić information content (AvgIpc) is 2.70. The number of rotatable bonds is 4. The molecule has 2 rings (SSSR count). The Balaban J connectivity index is 2.22. The lowest BCUT2D eigenvalue weighted by atomic mass is 10.1. The Labute approximate surface area is 127 Å². The molecule has 0 aliphatic carbocycles. The van der Waals surface area contributed by atoms with E-state index >= 15 is 0 Å². The van der Waals surface area contributed by atoms with E-state index in [-0.39, 0.29) is 6.04 Å². The van der Waals surface area contributed by atoms with Gasteiger partial charge in [0.05, 0.1) is 11.0 Å². The van der Waals surface area contributed by atoms with E-state index in [4.69, 9.17) is 5.84 Å². The van der Waals surface area contributed by atoms with Gasteiger partial charge in [-0.1, -0.05) is 31.9 Å². The number of halogens is 2. The Morgan fingerprint density at radius 1 is 1.33 bits per heavy atom. The number of thiazole rings is 1. The van der Waals surface area contributed by atoms with Crippen LogP contribution in [0.4, 0.5) is 0 Å². The van der Waals surface area contributed by atoms with E-state index in [1.54, 1.807) is 11.3 Å². The molecule has 0 spiro atoms. The number of hydrazine groups is 1. The summed E-state index contributed by atoms with van der Waals surface area (Å²) in [5.74, 6) is 5.66. The molecule has 0 saturated heterocycles. The van der Waals surface area contributed by atoms with Crippen molar-refractivity contribution in [3.63, 3.8) is 0 Å². The quantitative estimate of drug-likeness (QED) is 0.617. The zero-order chi connectivity index (χ0) is 13.1. The highest BCUT2D eigenvalue weighted by Crippen LogP contribution is 2.26. The molecule has 18 heavy (non-hydrogen) atoms. The van der Waals surface area contributed by atoms with Crippen molar-refractivity contribution in [1.29, 1.82) is 0 Å². The molecule has 0 bridgehead atoms. The summed E-state index contributed by atoms with van der Waals surface area (Å²) in [7, 11) is 0. The van der Waals surface area contributed by atoms with Gasteiger partial charge in [0.1, 0.15) is 0 Å².